The summed E-state index contributed by atoms with van der Waals surface area (Å²) in [6, 6.07) is 18.1. The molecule has 2 N–H and O–H groups in total. The Morgan fingerprint density at radius 1 is 1.15 bits per heavy atom. The number of amides is 1. The van der Waals surface area contributed by atoms with Crippen LogP contribution in [0.25, 0.3) is 11.1 Å². The van der Waals surface area contributed by atoms with Gasteiger partial charge < -0.3 is 14.8 Å². The van der Waals surface area contributed by atoms with E-state index in [1.807, 2.05) is 18.2 Å². The molecule has 1 aliphatic rings. The van der Waals surface area contributed by atoms with Gasteiger partial charge in [-0.1, -0.05) is 54.6 Å². The predicted molar refractivity (Wildman–Crippen MR) is 122 cm³/mol. The first kappa shape index (κ1) is 22.7. The molecule has 8 heteroatoms. The molecule has 0 saturated heterocycles. The second-order valence-electron chi connectivity index (χ2n) is 8.30. The maximum atomic E-state index is 12.8. The van der Waals surface area contributed by atoms with Crippen LogP contribution in [-0.4, -0.2) is 53.1 Å². The summed E-state index contributed by atoms with van der Waals surface area (Å²) < 4.78 is 10.8. The highest BCUT2D eigenvalue weighted by molar-refractivity contribution is 5.92. The molecular formula is C25H28N4O4. The molecule has 1 saturated carbocycles. The number of aromatic amines is 1. The molecule has 0 radical (unpaired) electrons. The smallest absolute Gasteiger partial charge is 0.314 e. The Morgan fingerprint density at radius 3 is 2.48 bits per heavy atom. The number of carbonyl (C=O) groups excluding carboxylic acids is 2. The number of benzene rings is 2. The van der Waals surface area contributed by atoms with Gasteiger partial charge in [0.25, 0.3) is 5.91 Å². The molecule has 4 rings (SSSR count). The van der Waals surface area contributed by atoms with Gasteiger partial charge >= 0.3 is 5.97 Å². The molecule has 1 unspecified atom stereocenters. The molecule has 1 fully saturated rings. The quantitative estimate of drug-likeness (QED) is 0.462. The number of methoxy groups -OCH3 is 1. The number of rotatable bonds is 10. The molecule has 172 valence electrons. The number of nitrogens with one attached hydrogen (secondary N) is 2. The summed E-state index contributed by atoms with van der Waals surface area (Å²) in [5.41, 5.74) is 2.75. The average molecular weight is 449 g/mol. The van der Waals surface area contributed by atoms with E-state index < -0.39 is 5.41 Å². The van der Waals surface area contributed by atoms with Crippen LogP contribution in [0.5, 0.6) is 0 Å². The van der Waals surface area contributed by atoms with E-state index in [2.05, 4.69) is 57.1 Å². The van der Waals surface area contributed by atoms with Gasteiger partial charge in [-0.15, -0.1) is 0 Å². The van der Waals surface area contributed by atoms with Crippen molar-refractivity contribution in [2.24, 2.45) is 5.41 Å². The third-order valence-electron chi connectivity index (χ3n) is 6.11. The molecule has 8 nitrogen and oxygen atoms in total. The van der Waals surface area contributed by atoms with Gasteiger partial charge in [-0.2, -0.15) is 15.4 Å². The Balaban J connectivity index is 1.53. The van der Waals surface area contributed by atoms with Crippen molar-refractivity contribution in [3.8, 4) is 11.1 Å². The van der Waals surface area contributed by atoms with Gasteiger partial charge in [0.05, 0.1) is 24.3 Å². The summed E-state index contributed by atoms with van der Waals surface area (Å²) in [5.74, 6) is -0.625. The highest BCUT2D eigenvalue weighted by Gasteiger charge is 2.62. The monoisotopic (exact) mass is 448 g/mol. The van der Waals surface area contributed by atoms with Crippen LogP contribution in [0, 0.1) is 5.41 Å². The fourth-order valence-corrected chi connectivity index (χ4v) is 4.30. The topological polar surface area (TPSA) is 106 Å². The van der Waals surface area contributed by atoms with Crippen LogP contribution in [0.2, 0.25) is 0 Å². The Bertz CT molecular complexity index is 1070. The Morgan fingerprint density at radius 2 is 1.88 bits per heavy atom. The van der Waals surface area contributed by atoms with Crippen molar-refractivity contribution in [2.45, 2.75) is 38.3 Å². The number of nitrogens with zero attached hydrogens (tertiary/aromatic N) is 2. The van der Waals surface area contributed by atoms with Gasteiger partial charge in [-0.05, 0) is 42.9 Å². The van der Waals surface area contributed by atoms with E-state index in [0.717, 1.165) is 16.7 Å². The van der Waals surface area contributed by atoms with Crippen LogP contribution in [0.15, 0.2) is 60.8 Å². The second kappa shape index (κ2) is 9.95. The van der Waals surface area contributed by atoms with Crippen molar-refractivity contribution < 1.29 is 19.1 Å². The molecule has 0 spiro atoms. The number of hydrogen-bond donors (Lipinski definition) is 2. The summed E-state index contributed by atoms with van der Waals surface area (Å²) in [6.07, 6.45) is 2.69. The third-order valence-corrected chi connectivity index (χ3v) is 6.11. The van der Waals surface area contributed by atoms with Gasteiger partial charge in [0.1, 0.15) is 0 Å². The van der Waals surface area contributed by atoms with E-state index in [0.29, 0.717) is 25.9 Å². The predicted octanol–water partition coefficient (Wildman–Crippen LogP) is 3.17. The normalized spacial score (nSPS) is 20.1. The maximum Gasteiger partial charge on any atom is 0.314 e. The molecular weight excluding hydrogens is 420 g/mol. The minimum absolute atomic E-state index is 0.198. The Labute approximate surface area is 192 Å². The largest absolute Gasteiger partial charge is 0.465 e. The molecule has 1 aromatic heterocycles. The third kappa shape index (κ3) is 5.12. The molecule has 0 bridgehead atoms. The lowest BCUT2D eigenvalue weighted by molar-refractivity contribution is -0.152. The number of aromatic nitrogens is 3. The molecule has 1 amide bonds. The van der Waals surface area contributed by atoms with Crippen LogP contribution >= 0.6 is 0 Å². The first-order valence-electron chi connectivity index (χ1n) is 11.1. The zero-order valence-corrected chi connectivity index (χ0v) is 18.8. The summed E-state index contributed by atoms with van der Waals surface area (Å²) in [4.78, 5) is 25.5. The average Bonchev–Trinajstić information content (AvgIpc) is 3.26. The molecule has 0 aliphatic heterocycles. The Kier molecular flexibility index (Phi) is 6.84. The van der Waals surface area contributed by atoms with Crippen LogP contribution in [0.1, 0.15) is 35.8 Å². The van der Waals surface area contributed by atoms with E-state index >= 15 is 0 Å². The molecule has 3 atom stereocenters. The second-order valence-corrected chi connectivity index (χ2v) is 8.30. The van der Waals surface area contributed by atoms with Crippen molar-refractivity contribution in [1.29, 1.82) is 0 Å². The molecule has 33 heavy (non-hydrogen) atoms. The SMILES string of the molecule is CCOC(=O)C1(C[C@@H](Cc2ccc(-c3ccccc3)cc2)NC(=O)c2cn[nH]n2)C[C@H]1OC. The number of esters is 1. The summed E-state index contributed by atoms with van der Waals surface area (Å²) >= 11 is 0. The van der Waals surface area contributed by atoms with Crippen LogP contribution in [0.4, 0.5) is 0 Å². The standard InChI is InChI=1S/C25H28N4O4/c1-3-33-24(31)25(15-22(25)32-2)14-20(27-23(30)21-16-26-29-28-21)13-17-9-11-19(12-10-17)18-7-5-4-6-8-18/h4-12,16,20,22H,3,13-15H2,1-2H3,(H,27,30)(H,26,28,29)/t20-,22-,25?/m1/s1. The van der Waals surface area contributed by atoms with E-state index in [1.165, 1.54) is 6.20 Å². The first-order chi connectivity index (χ1) is 16.1. The van der Waals surface area contributed by atoms with Crippen LogP contribution in [-0.2, 0) is 20.7 Å². The molecule has 3 aromatic rings. The van der Waals surface area contributed by atoms with E-state index in [9.17, 15) is 9.59 Å². The molecule has 1 heterocycles. The van der Waals surface area contributed by atoms with Gasteiger partial charge in [0, 0.05) is 13.2 Å². The summed E-state index contributed by atoms with van der Waals surface area (Å²) in [6.45, 7) is 2.09. The van der Waals surface area contributed by atoms with Crippen molar-refractivity contribution in [2.75, 3.05) is 13.7 Å². The van der Waals surface area contributed by atoms with Crippen molar-refractivity contribution in [3.05, 3.63) is 72.1 Å². The number of hydrogen-bond acceptors (Lipinski definition) is 6. The van der Waals surface area contributed by atoms with Gasteiger partial charge in [0.15, 0.2) is 5.69 Å². The summed E-state index contributed by atoms with van der Waals surface area (Å²) in [7, 11) is 1.59. The number of ether oxygens (including phenoxy) is 2. The lowest BCUT2D eigenvalue weighted by Crippen LogP contribution is -2.41. The van der Waals surface area contributed by atoms with E-state index in [1.54, 1.807) is 14.0 Å². The van der Waals surface area contributed by atoms with Crippen molar-refractivity contribution in [1.82, 2.24) is 20.7 Å². The highest BCUT2D eigenvalue weighted by Crippen LogP contribution is 2.53. The van der Waals surface area contributed by atoms with Crippen molar-refractivity contribution >= 4 is 11.9 Å². The highest BCUT2D eigenvalue weighted by atomic mass is 16.5. The van der Waals surface area contributed by atoms with Gasteiger partial charge in [-0.25, -0.2) is 0 Å². The maximum absolute atomic E-state index is 12.8. The van der Waals surface area contributed by atoms with Crippen molar-refractivity contribution in [3.63, 3.8) is 0 Å². The fourth-order valence-electron chi connectivity index (χ4n) is 4.30. The van der Waals surface area contributed by atoms with Gasteiger partial charge in [0.2, 0.25) is 0 Å². The zero-order chi connectivity index (χ0) is 23.3. The lowest BCUT2D eigenvalue weighted by atomic mass is 9.91. The van der Waals surface area contributed by atoms with Crippen LogP contribution in [0.3, 0.4) is 0 Å². The number of carbonyl (C=O) groups is 2. The van der Waals surface area contributed by atoms with E-state index in [4.69, 9.17) is 9.47 Å². The summed E-state index contributed by atoms with van der Waals surface area (Å²) in [5, 5.41) is 13.1. The number of H-pyrrole nitrogens is 1. The molecule has 2 aromatic carbocycles. The first-order valence-corrected chi connectivity index (χ1v) is 11.1. The minimum atomic E-state index is -0.753. The zero-order valence-electron chi connectivity index (χ0n) is 18.8. The van der Waals surface area contributed by atoms with Crippen LogP contribution < -0.4 is 5.32 Å². The van der Waals surface area contributed by atoms with Gasteiger partial charge in [-0.3, -0.25) is 9.59 Å². The Hall–Kier alpha value is -3.52. The molecule has 1 aliphatic carbocycles. The fraction of sp³-hybridized carbons (Fsp3) is 0.360. The minimum Gasteiger partial charge on any atom is -0.465 e. The lowest BCUT2D eigenvalue weighted by Gasteiger charge is -2.24. The van der Waals surface area contributed by atoms with E-state index in [-0.39, 0.29) is 29.7 Å².